The fraction of sp³-hybridized carbons (Fsp3) is 0.700. The average Bonchev–Trinajstić information content (AvgIpc) is 2.99. The molecular formula is C20H30FN5O2. The molecule has 0 spiro atoms. The van der Waals surface area contributed by atoms with E-state index in [0.29, 0.717) is 42.4 Å². The Morgan fingerprint density at radius 1 is 1.25 bits per heavy atom. The number of ether oxygens (including phenoxy) is 1. The van der Waals surface area contributed by atoms with Crippen LogP contribution < -0.4 is 10.2 Å². The standard InChI is InChI=1S/C20H30FN5O2/c1-20(2,3)13-4-7-25(8-5-13)18-10-14(21)16-11-22-19(24-26(16)18)23-15-6-9-28-12-17(15)27/h10-11,13,15,17,27H,4-9,12H2,1-3H3,(H,23,24)/t15-,17-/m1/s1. The molecule has 0 unspecified atom stereocenters. The number of aliphatic hydroxyl groups is 1. The second kappa shape index (κ2) is 7.48. The zero-order valence-electron chi connectivity index (χ0n) is 16.9. The third-order valence-corrected chi connectivity index (χ3v) is 6.13. The van der Waals surface area contributed by atoms with Gasteiger partial charge >= 0.3 is 0 Å². The number of fused-ring (bicyclic) bond motifs is 1. The van der Waals surface area contributed by atoms with Crippen molar-refractivity contribution in [1.29, 1.82) is 0 Å². The van der Waals surface area contributed by atoms with Crippen LogP contribution in [0.4, 0.5) is 16.2 Å². The first-order valence-electron chi connectivity index (χ1n) is 10.1. The van der Waals surface area contributed by atoms with Crippen LogP contribution in [0.1, 0.15) is 40.0 Å². The molecule has 2 aliphatic rings. The zero-order chi connectivity index (χ0) is 19.9. The summed E-state index contributed by atoms with van der Waals surface area (Å²) in [6.45, 7) is 9.52. The van der Waals surface area contributed by atoms with Crippen molar-refractivity contribution in [3.05, 3.63) is 18.1 Å². The van der Waals surface area contributed by atoms with Crippen molar-refractivity contribution in [2.45, 2.75) is 52.2 Å². The van der Waals surface area contributed by atoms with Crippen LogP contribution in [0.25, 0.3) is 5.52 Å². The maximum Gasteiger partial charge on any atom is 0.241 e. The molecule has 4 heterocycles. The number of hydrogen-bond donors (Lipinski definition) is 2. The number of nitrogens with zero attached hydrogens (tertiary/aromatic N) is 4. The quantitative estimate of drug-likeness (QED) is 0.838. The highest BCUT2D eigenvalue weighted by atomic mass is 19.1. The van der Waals surface area contributed by atoms with E-state index in [2.05, 4.69) is 41.1 Å². The number of nitrogens with one attached hydrogen (secondary N) is 1. The minimum Gasteiger partial charge on any atom is -0.389 e. The monoisotopic (exact) mass is 391 g/mol. The molecule has 2 aromatic rings. The van der Waals surface area contributed by atoms with E-state index < -0.39 is 6.10 Å². The van der Waals surface area contributed by atoms with Gasteiger partial charge in [-0.05, 0) is 30.6 Å². The van der Waals surface area contributed by atoms with E-state index in [0.717, 1.165) is 31.7 Å². The Bertz CT molecular complexity index is 826. The molecule has 4 rings (SSSR count). The van der Waals surface area contributed by atoms with Gasteiger partial charge in [0.2, 0.25) is 5.95 Å². The van der Waals surface area contributed by atoms with Gasteiger partial charge in [0.05, 0.1) is 24.9 Å². The van der Waals surface area contributed by atoms with Crippen LogP contribution in [-0.2, 0) is 4.74 Å². The first-order chi connectivity index (χ1) is 13.3. The van der Waals surface area contributed by atoms with Crippen LogP contribution in [-0.4, -0.2) is 58.2 Å². The van der Waals surface area contributed by atoms with Gasteiger partial charge < -0.3 is 20.1 Å². The maximum absolute atomic E-state index is 14.5. The molecule has 0 aliphatic carbocycles. The molecule has 2 N–H and O–H groups in total. The van der Waals surface area contributed by atoms with Gasteiger partial charge in [-0.1, -0.05) is 20.8 Å². The lowest BCUT2D eigenvalue weighted by atomic mass is 9.75. The summed E-state index contributed by atoms with van der Waals surface area (Å²) < 4.78 is 21.4. The van der Waals surface area contributed by atoms with E-state index in [4.69, 9.17) is 4.74 Å². The number of rotatable bonds is 3. The average molecular weight is 391 g/mol. The van der Waals surface area contributed by atoms with Gasteiger partial charge in [-0.15, -0.1) is 5.10 Å². The number of aliphatic hydroxyl groups excluding tert-OH is 1. The predicted molar refractivity (Wildman–Crippen MR) is 106 cm³/mol. The Labute approximate surface area is 164 Å². The van der Waals surface area contributed by atoms with Gasteiger partial charge in [-0.2, -0.15) is 0 Å². The fourth-order valence-corrected chi connectivity index (χ4v) is 4.26. The van der Waals surface area contributed by atoms with Gasteiger partial charge in [0.25, 0.3) is 0 Å². The fourth-order valence-electron chi connectivity index (χ4n) is 4.26. The van der Waals surface area contributed by atoms with Gasteiger partial charge in [0, 0.05) is 25.8 Å². The normalized spacial score (nSPS) is 24.7. The number of halogens is 1. The van der Waals surface area contributed by atoms with Crippen LogP contribution in [0.2, 0.25) is 0 Å². The van der Waals surface area contributed by atoms with Crippen LogP contribution in [0.5, 0.6) is 0 Å². The summed E-state index contributed by atoms with van der Waals surface area (Å²) in [5.41, 5.74) is 0.661. The Balaban J connectivity index is 1.56. The van der Waals surface area contributed by atoms with Crippen LogP contribution in [0.15, 0.2) is 12.3 Å². The van der Waals surface area contributed by atoms with Crippen molar-refractivity contribution in [3.63, 3.8) is 0 Å². The molecule has 28 heavy (non-hydrogen) atoms. The molecule has 0 amide bonds. The van der Waals surface area contributed by atoms with E-state index in [1.165, 1.54) is 6.20 Å². The number of piperidine rings is 1. The van der Waals surface area contributed by atoms with Crippen molar-refractivity contribution in [1.82, 2.24) is 14.6 Å². The molecule has 2 fully saturated rings. The number of anilines is 2. The second-order valence-electron chi connectivity index (χ2n) is 9.04. The zero-order valence-corrected chi connectivity index (χ0v) is 16.9. The molecule has 0 bridgehead atoms. The highest BCUT2D eigenvalue weighted by molar-refractivity contribution is 5.59. The summed E-state index contributed by atoms with van der Waals surface area (Å²) in [7, 11) is 0. The first-order valence-corrected chi connectivity index (χ1v) is 10.1. The predicted octanol–water partition coefficient (Wildman–Crippen LogP) is 2.69. The number of hydrogen-bond acceptors (Lipinski definition) is 6. The molecule has 0 saturated carbocycles. The molecular weight excluding hydrogens is 361 g/mol. The van der Waals surface area contributed by atoms with Crippen molar-refractivity contribution < 1.29 is 14.2 Å². The summed E-state index contributed by atoms with van der Waals surface area (Å²) in [6.07, 6.45) is 3.74. The van der Waals surface area contributed by atoms with Crippen LogP contribution >= 0.6 is 0 Å². The maximum atomic E-state index is 14.5. The summed E-state index contributed by atoms with van der Waals surface area (Å²) in [5.74, 6) is 1.50. The lowest BCUT2D eigenvalue weighted by molar-refractivity contribution is -0.0136. The first kappa shape index (κ1) is 19.4. The molecule has 2 atom stereocenters. The molecule has 2 saturated heterocycles. The molecule has 7 nitrogen and oxygen atoms in total. The third-order valence-electron chi connectivity index (χ3n) is 6.13. The minimum absolute atomic E-state index is 0.169. The summed E-state index contributed by atoms with van der Waals surface area (Å²) in [6, 6.07) is 1.38. The van der Waals surface area contributed by atoms with E-state index in [9.17, 15) is 9.50 Å². The molecule has 0 aromatic carbocycles. The van der Waals surface area contributed by atoms with E-state index in [-0.39, 0.29) is 11.9 Å². The summed E-state index contributed by atoms with van der Waals surface area (Å²) >= 11 is 0. The van der Waals surface area contributed by atoms with Gasteiger partial charge in [-0.3, -0.25) is 0 Å². The van der Waals surface area contributed by atoms with Crippen molar-refractivity contribution >= 4 is 17.3 Å². The summed E-state index contributed by atoms with van der Waals surface area (Å²) in [4.78, 5) is 6.45. The second-order valence-corrected chi connectivity index (χ2v) is 9.04. The topological polar surface area (TPSA) is 74.9 Å². The van der Waals surface area contributed by atoms with E-state index >= 15 is 0 Å². The Morgan fingerprint density at radius 3 is 2.68 bits per heavy atom. The van der Waals surface area contributed by atoms with Gasteiger partial charge in [0.1, 0.15) is 11.3 Å². The lowest BCUT2D eigenvalue weighted by Crippen LogP contribution is -2.42. The Hall–Kier alpha value is -1.93. The van der Waals surface area contributed by atoms with Crippen molar-refractivity contribution in [3.8, 4) is 0 Å². The summed E-state index contributed by atoms with van der Waals surface area (Å²) in [5, 5.41) is 17.8. The largest absolute Gasteiger partial charge is 0.389 e. The van der Waals surface area contributed by atoms with E-state index in [1.54, 1.807) is 10.6 Å². The van der Waals surface area contributed by atoms with Crippen molar-refractivity contribution in [2.75, 3.05) is 36.5 Å². The third kappa shape index (κ3) is 3.80. The van der Waals surface area contributed by atoms with E-state index in [1.807, 2.05) is 0 Å². The molecule has 2 aromatic heterocycles. The highest BCUT2D eigenvalue weighted by Crippen LogP contribution is 2.36. The smallest absolute Gasteiger partial charge is 0.241 e. The highest BCUT2D eigenvalue weighted by Gasteiger charge is 2.30. The minimum atomic E-state index is -0.606. The molecule has 2 aliphatic heterocycles. The van der Waals surface area contributed by atoms with Crippen molar-refractivity contribution in [2.24, 2.45) is 11.3 Å². The molecule has 154 valence electrons. The SMILES string of the molecule is CC(C)(C)C1CCN(c2cc(F)c3cnc(N[C@@H]4CCOC[C@H]4O)nn23)CC1. The molecule has 0 radical (unpaired) electrons. The van der Waals surface area contributed by atoms with Gasteiger partial charge in [0.15, 0.2) is 5.82 Å². The Kier molecular flexibility index (Phi) is 5.18. The Morgan fingerprint density at radius 2 is 2.00 bits per heavy atom. The lowest BCUT2D eigenvalue weighted by Gasteiger charge is -2.39. The number of aromatic nitrogens is 3. The van der Waals surface area contributed by atoms with Crippen LogP contribution in [0.3, 0.4) is 0 Å². The van der Waals surface area contributed by atoms with Crippen LogP contribution in [0, 0.1) is 17.2 Å². The molecule has 8 heteroatoms. The van der Waals surface area contributed by atoms with Gasteiger partial charge in [-0.25, -0.2) is 13.9 Å².